The monoisotopic (exact) mass is 438 g/mol. The van der Waals surface area contributed by atoms with Crippen molar-refractivity contribution in [3.05, 3.63) is 66.2 Å². The lowest BCUT2D eigenvalue weighted by Crippen LogP contribution is -2.41. The van der Waals surface area contributed by atoms with Crippen molar-refractivity contribution in [3.8, 4) is 5.69 Å². The average molecular weight is 439 g/mol. The highest BCUT2D eigenvalue weighted by Gasteiger charge is 2.26. The second kappa shape index (κ2) is 9.72. The SMILES string of the molecule is O=C(CN1CCC(C(=O)Nc2ccccc2)CC1)Nc1cc(Cl)ccc1-n1cncn1. The molecule has 1 aromatic heterocycles. The molecule has 4 rings (SSSR count). The zero-order valence-corrected chi connectivity index (χ0v) is 17.6. The lowest BCUT2D eigenvalue weighted by Gasteiger charge is -2.30. The van der Waals surface area contributed by atoms with E-state index in [1.165, 1.54) is 6.33 Å². The van der Waals surface area contributed by atoms with Gasteiger partial charge in [-0.15, -0.1) is 0 Å². The van der Waals surface area contributed by atoms with E-state index in [0.29, 0.717) is 42.3 Å². The molecule has 31 heavy (non-hydrogen) atoms. The molecule has 8 nitrogen and oxygen atoms in total. The Bertz CT molecular complexity index is 1030. The Kier molecular flexibility index (Phi) is 6.59. The highest BCUT2D eigenvalue weighted by Crippen LogP contribution is 2.24. The Hall–Kier alpha value is -3.23. The molecule has 2 aromatic carbocycles. The van der Waals surface area contributed by atoms with Crippen LogP contribution in [0.15, 0.2) is 61.2 Å². The van der Waals surface area contributed by atoms with Crippen LogP contribution < -0.4 is 10.6 Å². The average Bonchev–Trinajstić information content (AvgIpc) is 3.29. The summed E-state index contributed by atoms with van der Waals surface area (Å²) in [7, 11) is 0. The van der Waals surface area contributed by atoms with Gasteiger partial charge in [0.15, 0.2) is 0 Å². The van der Waals surface area contributed by atoms with Gasteiger partial charge in [-0.1, -0.05) is 29.8 Å². The number of para-hydroxylation sites is 1. The Morgan fingerprint density at radius 3 is 2.55 bits per heavy atom. The van der Waals surface area contributed by atoms with E-state index in [4.69, 9.17) is 11.6 Å². The van der Waals surface area contributed by atoms with Crippen molar-refractivity contribution in [3.63, 3.8) is 0 Å². The van der Waals surface area contributed by atoms with Crippen molar-refractivity contribution in [2.24, 2.45) is 5.92 Å². The van der Waals surface area contributed by atoms with Gasteiger partial charge in [0.1, 0.15) is 12.7 Å². The number of hydrogen-bond donors (Lipinski definition) is 2. The minimum Gasteiger partial charge on any atom is -0.326 e. The fourth-order valence-corrected chi connectivity index (χ4v) is 3.82. The second-order valence-electron chi connectivity index (χ2n) is 7.46. The van der Waals surface area contributed by atoms with Crippen molar-refractivity contribution in [1.82, 2.24) is 19.7 Å². The van der Waals surface area contributed by atoms with Crippen molar-refractivity contribution in [1.29, 1.82) is 0 Å². The van der Waals surface area contributed by atoms with Gasteiger partial charge in [0.05, 0.1) is 17.9 Å². The zero-order valence-electron chi connectivity index (χ0n) is 16.9. The summed E-state index contributed by atoms with van der Waals surface area (Å²) in [4.78, 5) is 31.1. The van der Waals surface area contributed by atoms with Gasteiger partial charge < -0.3 is 10.6 Å². The second-order valence-corrected chi connectivity index (χ2v) is 7.89. The Balaban J connectivity index is 1.30. The first kappa shape index (κ1) is 21.0. The van der Waals surface area contributed by atoms with Gasteiger partial charge >= 0.3 is 0 Å². The number of amides is 2. The smallest absolute Gasteiger partial charge is 0.238 e. The van der Waals surface area contributed by atoms with Crippen LogP contribution in [0.25, 0.3) is 5.69 Å². The molecule has 2 N–H and O–H groups in total. The van der Waals surface area contributed by atoms with Gasteiger partial charge in [-0.25, -0.2) is 9.67 Å². The van der Waals surface area contributed by atoms with Gasteiger partial charge in [-0.2, -0.15) is 5.10 Å². The molecule has 1 fully saturated rings. The number of carbonyl (C=O) groups excluding carboxylic acids is 2. The first-order chi connectivity index (χ1) is 15.1. The number of aromatic nitrogens is 3. The topological polar surface area (TPSA) is 92.2 Å². The molecule has 2 heterocycles. The van der Waals surface area contributed by atoms with E-state index < -0.39 is 0 Å². The number of benzene rings is 2. The fraction of sp³-hybridized carbons (Fsp3) is 0.273. The van der Waals surface area contributed by atoms with E-state index in [1.54, 1.807) is 29.2 Å². The Labute approximate surface area is 185 Å². The molecule has 1 aliphatic rings. The molecule has 0 unspecified atom stereocenters. The van der Waals surface area contributed by atoms with Crippen LogP contribution in [-0.4, -0.2) is 51.1 Å². The van der Waals surface area contributed by atoms with Crippen molar-refractivity contribution in [2.75, 3.05) is 30.3 Å². The number of piperidine rings is 1. The number of anilines is 2. The summed E-state index contributed by atoms with van der Waals surface area (Å²) in [6, 6.07) is 14.7. The van der Waals surface area contributed by atoms with E-state index in [-0.39, 0.29) is 24.3 Å². The van der Waals surface area contributed by atoms with Crippen LogP contribution in [-0.2, 0) is 9.59 Å². The summed E-state index contributed by atoms with van der Waals surface area (Å²) in [5.74, 6) is -0.158. The minimum atomic E-state index is -0.143. The molecule has 1 aliphatic heterocycles. The Morgan fingerprint density at radius 1 is 1.06 bits per heavy atom. The normalized spacial score (nSPS) is 14.9. The number of nitrogens with one attached hydrogen (secondary N) is 2. The number of hydrogen-bond acceptors (Lipinski definition) is 5. The van der Waals surface area contributed by atoms with E-state index in [9.17, 15) is 9.59 Å². The molecule has 0 aliphatic carbocycles. The summed E-state index contributed by atoms with van der Waals surface area (Å²) in [5.41, 5.74) is 2.06. The molecule has 1 saturated heterocycles. The number of nitrogens with zero attached hydrogens (tertiary/aromatic N) is 4. The summed E-state index contributed by atoms with van der Waals surface area (Å²) >= 11 is 6.11. The first-order valence-corrected chi connectivity index (χ1v) is 10.5. The number of rotatable bonds is 6. The first-order valence-electron chi connectivity index (χ1n) is 10.1. The van der Waals surface area contributed by atoms with E-state index in [0.717, 1.165) is 5.69 Å². The molecule has 0 radical (unpaired) electrons. The summed E-state index contributed by atoms with van der Waals surface area (Å²) in [5, 5.41) is 10.5. The largest absolute Gasteiger partial charge is 0.326 e. The van der Waals surface area contributed by atoms with Crippen LogP contribution >= 0.6 is 11.6 Å². The molecule has 160 valence electrons. The highest BCUT2D eigenvalue weighted by molar-refractivity contribution is 6.31. The molecule has 0 bridgehead atoms. The van der Waals surface area contributed by atoms with E-state index in [1.807, 2.05) is 30.3 Å². The van der Waals surface area contributed by atoms with Crippen LogP contribution in [0.4, 0.5) is 11.4 Å². The predicted octanol–water partition coefficient (Wildman–Crippen LogP) is 3.21. The van der Waals surface area contributed by atoms with Crippen molar-refractivity contribution in [2.45, 2.75) is 12.8 Å². The van der Waals surface area contributed by atoms with Gasteiger partial charge in [-0.3, -0.25) is 14.5 Å². The van der Waals surface area contributed by atoms with Gasteiger partial charge in [0, 0.05) is 16.6 Å². The zero-order chi connectivity index (χ0) is 21.6. The van der Waals surface area contributed by atoms with Crippen molar-refractivity contribution >= 4 is 34.8 Å². The molecule has 0 atom stereocenters. The molecule has 2 amide bonds. The fourth-order valence-electron chi connectivity index (χ4n) is 3.65. The molecule has 9 heteroatoms. The quantitative estimate of drug-likeness (QED) is 0.616. The molecular formula is C22H23ClN6O2. The van der Waals surface area contributed by atoms with Gasteiger partial charge in [0.25, 0.3) is 0 Å². The number of likely N-dealkylation sites (tertiary alicyclic amines) is 1. The predicted molar refractivity (Wildman–Crippen MR) is 119 cm³/mol. The Morgan fingerprint density at radius 2 is 1.84 bits per heavy atom. The molecule has 0 saturated carbocycles. The third-order valence-corrected chi connectivity index (χ3v) is 5.50. The van der Waals surface area contributed by atoms with Crippen LogP contribution in [0, 0.1) is 5.92 Å². The van der Waals surface area contributed by atoms with Crippen LogP contribution in [0.2, 0.25) is 5.02 Å². The van der Waals surface area contributed by atoms with Crippen molar-refractivity contribution < 1.29 is 9.59 Å². The third kappa shape index (κ3) is 5.48. The maximum absolute atomic E-state index is 12.6. The number of halogens is 1. The molecule has 0 spiro atoms. The van der Waals surface area contributed by atoms with Gasteiger partial charge in [0.2, 0.25) is 11.8 Å². The van der Waals surface area contributed by atoms with Crippen LogP contribution in [0.1, 0.15) is 12.8 Å². The van der Waals surface area contributed by atoms with E-state index in [2.05, 4.69) is 25.6 Å². The van der Waals surface area contributed by atoms with E-state index >= 15 is 0 Å². The molecule has 3 aromatic rings. The lowest BCUT2D eigenvalue weighted by atomic mass is 9.96. The minimum absolute atomic E-state index is 0.0340. The summed E-state index contributed by atoms with van der Waals surface area (Å²) < 4.78 is 1.57. The highest BCUT2D eigenvalue weighted by atomic mass is 35.5. The summed E-state index contributed by atoms with van der Waals surface area (Å²) in [6.45, 7) is 1.62. The van der Waals surface area contributed by atoms with Gasteiger partial charge in [-0.05, 0) is 56.3 Å². The number of carbonyl (C=O) groups is 2. The third-order valence-electron chi connectivity index (χ3n) is 5.27. The maximum atomic E-state index is 12.6. The van der Waals surface area contributed by atoms with Crippen LogP contribution in [0.3, 0.4) is 0 Å². The van der Waals surface area contributed by atoms with Crippen LogP contribution in [0.5, 0.6) is 0 Å². The standard InChI is InChI=1S/C22H23ClN6O2/c23-17-6-7-20(29-15-24-14-25-29)19(12-17)27-21(30)13-28-10-8-16(9-11-28)22(31)26-18-4-2-1-3-5-18/h1-7,12,14-16H,8-11,13H2,(H,26,31)(H,27,30). The lowest BCUT2D eigenvalue weighted by molar-refractivity contribution is -0.121. The maximum Gasteiger partial charge on any atom is 0.238 e. The molecular weight excluding hydrogens is 416 g/mol. The summed E-state index contributed by atoms with van der Waals surface area (Å²) in [6.07, 6.45) is 4.42.